The molecule has 1 aliphatic heterocycles. The molecule has 112 valence electrons. The number of rotatable bonds is 6. The van der Waals surface area contributed by atoms with E-state index in [0.29, 0.717) is 12.1 Å². The molecule has 1 saturated heterocycles. The summed E-state index contributed by atoms with van der Waals surface area (Å²) in [6.45, 7) is 10.6. The average molecular weight is 275 g/mol. The minimum Gasteiger partial charge on any atom is -0.314 e. The predicted octanol–water partition coefficient (Wildman–Crippen LogP) is 2.72. The molecule has 1 fully saturated rings. The quantitative estimate of drug-likeness (QED) is 0.865. The van der Waals surface area contributed by atoms with Crippen LogP contribution < -0.4 is 5.32 Å². The van der Waals surface area contributed by atoms with Gasteiger partial charge in [-0.3, -0.25) is 9.88 Å². The Labute approximate surface area is 123 Å². The van der Waals surface area contributed by atoms with Gasteiger partial charge in [-0.25, -0.2) is 0 Å². The summed E-state index contributed by atoms with van der Waals surface area (Å²) < 4.78 is 0. The Morgan fingerprint density at radius 3 is 2.75 bits per heavy atom. The molecular formula is C17H29N3. The summed E-state index contributed by atoms with van der Waals surface area (Å²) in [5.74, 6) is 0.729. The zero-order chi connectivity index (χ0) is 14.4. The number of likely N-dealkylation sites (tertiary alicyclic amines) is 1. The van der Waals surface area contributed by atoms with Crippen molar-refractivity contribution >= 4 is 0 Å². The molecule has 0 amide bonds. The second kappa shape index (κ2) is 7.75. The molecule has 20 heavy (non-hydrogen) atoms. The van der Waals surface area contributed by atoms with E-state index < -0.39 is 0 Å². The van der Waals surface area contributed by atoms with Crippen molar-refractivity contribution in [3.63, 3.8) is 0 Å². The van der Waals surface area contributed by atoms with E-state index >= 15 is 0 Å². The lowest BCUT2D eigenvalue weighted by atomic mass is 9.86. The molecule has 0 bridgehead atoms. The van der Waals surface area contributed by atoms with E-state index in [9.17, 15) is 0 Å². The lowest BCUT2D eigenvalue weighted by molar-refractivity contribution is 0.0861. The smallest absolute Gasteiger partial charge is 0.0270 e. The number of nitrogens with zero attached hydrogens (tertiary/aromatic N) is 2. The van der Waals surface area contributed by atoms with Crippen molar-refractivity contribution in [1.29, 1.82) is 0 Å². The van der Waals surface area contributed by atoms with E-state index in [4.69, 9.17) is 0 Å². The van der Waals surface area contributed by atoms with Crippen molar-refractivity contribution in [3.8, 4) is 0 Å². The van der Waals surface area contributed by atoms with Gasteiger partial charge in [0.2, 0.25) is 0 Å². The maximum absolute atomic E-state index is 4.08. The number of aromatic nitrogens is 1. The SMILES string of the molecule is CCCNC1CCN(CCc2ccncc2)C(C)C1C. The molecule has 1 N–H and O–H groups in total. The first-order valence-corrected chi connectivity index (χ1v) is 8.08. The van der Waals surface area contributed by atoms with Gasteiger partial charge in [0, 0.05) is 31.0 Å². The van der Waals surface area contributed by atoms with Gasteiger partial charge in [-0.15, -0.1) is 0 Å². The third-order valence-electron chi connectivity index (χ3n) is 4.79. The van der Waals surface area contributed by atoms with Crippen LogP contribution in [0.1, 0.15) is 39.2 Å². The molecule has 3 nitrogen and oxygen atoms in total. The highest BCUT2D eigenvalue weighted by Gasteiger charge is 2.31. The van der Waals surface area contributed by atoms with Gasteiger partial charge in [0.25, 0.3) is 0 Å². The van der Waals surface area contributed by atoms with E-state index in [-0.39, 0.29) is 0 Å². The van der Waals surface area contributed by atoms with Crippen LogP contribution in [-0.4, -0.2) is 41.6 Å². The standard InChI is InChI=1S/C17H29N3/c1-4-9-19-17-8-13-20(15(3)14(17)2)12-7-16-5-10-18-11-6-16/h5-6,10-11,14-15,17,19H,4,7-9,12-13H2,1-3H3. The Bertz CT molecular complexity index is 379. The van der Waals surface area contributed by atoms with E-state index in [0.717, 1.165) is 25.4 Å². The van der Waals surface area contributed by atoms with Gasteiger partial charge in [0.15, 0.2) is 0 Å². The zero-order valence-electron chi connectivity index (χ0n) is 13.2. The Morgan fingerprint density at radius 2 is 2.05 bits per heavy atom. The minimum atomic E-state index is 0.667. The minimum absolute atomic E-state index is 0.667. The van der Waals surface area contributed by atoms with Crippen LogP contribution in [0.15, 0.2) is 24.5 Å². The maximum Gasteiger partial charge on any atom is 0.0270 e. The van der Waals surface area contributed by atoms with Crippen molar-refractivity contribution in [1.82, 2.24) is 15.2 Å². The van der Waals surface area contributed by atoms with E-state index in [1.807, 2.05) is 12.4 Å². The van der Waals surface area contributed by atoms with Gasteiger partial charge in [0.05, 0.1) is 0 Å². The van der Waals surface area contributed by atoms with Crippen LogP contribution >= 0.6 is 0 Å². The maximum atomic E-state index is 4.08. The number of nitrogens with one attached hydrogen (secondary N) is 1. The summed E-state index contributed by atoms with van der Waals surface area (Å²) in [5, 5.41) is 3.71. The Balaban J connectivity index is 1.82. The van der Waals surface area contributed by atoms with Crippen LogP contribution in [-0.2, 0) is 6.42 Å². The average Bonchev–Trinajstić information content (AvgIpc) is 2.49. The zero-order valence-corrected chi connectivity index (χ0v) is 13.2. The molecule has 1 aromatic rings. The monoisotopic (exact) mass is 275 g/mol. The van der Waals surface area contributed by atoms with Gasteiger partial charge in [0.1, 0.15) is 0 Å². The van der Waals surface area contributed by atoms with Crippen molar-refractivity contribution in [2.45, 2.75) is 52.1 Å². The number of hydrogen-bond acceptors (Lipinski definition) is 3. The van der Waals surface area contributed by atoms with E-state index in [2.05, 4.69) is 48.1 Å². The number of piperidine rings is 1. The third-order valence-corrected chi connectivity index (χ3v) is 4.79. The molecule has 2 rings (SSSR count). The lowest BCUT2D eigenvalue weighted by Crippen LogP contribution is -2.53. The second-order valence-corrected chi connectivity index (χ2v) is 6.09. The molecule has 1 aromatic heterocycles. The largest absolute Gasteiger partial charge is 0.314 e. The van der Waals surface area contributed by atoms with Crippen LogP contribution in [0, 0.1) is 5.92 Å². The molecule has 2 heterocycles. The fourth-order valence-corrected chi connectivity index (χ4v) is 3.20. The fraction of sp³-hybridized carbons (Fsp3) is 0.706. The molecule has 3 atom stereocenters. The predicted molar refractivity (Wildman–Crippen MR) is 84.8 cm³/mol. The normalized spacial score (nSPS) is 27.6. The molecule has 0 spiro atoms. The first kappa shape index (κ1) is 15.5. The summed E-state index contributed by atoms with van der Waals surface area (Å²) in [6.07, 6.45) is 7.42. The Kier molecular flexibility index (Phi) is 5.99. The highest BCUT2D eigenvalue weighted by molar-refractivity contribution is 5.10. The molecule has 0 aliphatic carbocycles. The first-order valence-electron chi connectivity index (χ1n) is 8.08. The Hall–Kier alpha value is -0.930. The van der Waals surface area contributed by atoms with Crippen molar-refractivity contribution in [2.24, 2.45) is 5.92 Å². The molecule has 0 aromatic carbocycles. The summed E-state index contributed by atoms with van der Waals surface area (Å²) in [5.41, 5.74) is 1.39. The summed E-state index contributed by atoms with van der Waals surface area (Å²) in [4.78, 5) is 6.73. The van der Waals surface area contributed by atoms with Gasteiger partial charge in [-0.05, 0) is 62.9 Å². The molecular weight excluding hydrogens is 246 g/mol. The molecule has 3 unspecified atom stereocenters. The van der Waals surface area contributed by atoms with Crippen LogP contribution in [0.2, 0.25) is 0 Å². The lowest BCUT2D eigenvalue weighted by Gasteiger charge is -2.43. The number of hydrogen-bond donors (Lipinski definition) is 1. The molecule has 0 saturated carbocycles. The molecule has 0 radical (unpaired) electrons. The van der Waals surface area contributed by atoms with Gasteiger partial charge >= 0.3 is 0 Å². The number of pyridine rings is 1. The first-order chi connectivity index (χ1) is 9.72. The van der Waals surface area contributed by atoms with Crippen molar-refractivity contribution < 1.29 is 0 Å². The summed E-state index contributed by atoms with van der Waals surface area (Å²) >= 11 is 0. The van der Waals surface area contributed by atoms with Gasteiger partial charge in [-0.2, -0.15) is 0 Å². The second-order valence-electron chi connectivity index (χ2n) is 6.09. The van der Waals surface area contributed by atoms with Crippen LogP contribution in [0.25, 0.3) is 0 Å². The van der Waals surface area contributed by atoms with E-state index in [1.54, 1.807) is 0 Å². The summed E-state index contributed by atoms with van der Waals surface area (Å²) in [6, 6.07) is 5.62. The third kappa shape index (κ3) is 4.03. The van der Waals surface area contributed by atoms with Gasteiger partial charge in [-0.1, -0.05) is 13.8 Å². The topological polar surface area (TPSA) is 28.2 Å². The van der Waals surface area contributed by atoms with Crippen molar-refractivity contribution in [2.75, 3.05) is 19.6 Å². The van der Waals surface area contributed by atoms with Crippen molar-refractivity contribution in [3.05, 3.63) is 30.1 Å². The van der Waals surface area contributed by atoms with Crippen LogP contribution in [0.5, 0.6) is 0 Å². The highest BCUT2D eigenvalue weighted by Crippen LogP contribution is 2.23. The Morgan fingerprint density at radius 1 is 1.30 bits per heavy atom. The fourth-order valence-electron chi connectivity index (χ4n) is 3.20. The van der Waals surface area contributed by atoms with Gasteiger partial charge < -0.3 is 5.32 Å². The van der Waals surface area contributed by atoms with E-state index in [1.165, 1.54) is 24.9 Å². The van der Waals surface area contributed by atoms with Crippen LogP contribution in [0.3, 0.4) is 0 Å². The molecule has 3 heteroatoms. The highest BCUT2D eigenvalue weighted by atomic mass is 15.2. The summed E-state index contributed by atoms with van der Waals surface area (Å²) in [7, 11) is 0. The van der Waals surface area contributed by atoms with Crippen LogP contribution in [0.4, 0.5) is 0 Å². The molecule has 1 aliphatic rings.